The van der Waals surface area contributed by atoms with Crippen molar-refractivity contribution >= 4 is 45.5 Å². The van der Waals surface area contributed by atoms with Crippen LogP contribution in [0.25, 0.3) is 6.08 Å². The highest BCUT2D eigenvalue weighted by atomic mass is 79.9. The highest BCUT2D eigenvalue weighted by molar-refractivity contribution is 9.10. The molecule has 0 radical (unpaired) electrons. The highest BCUT2D eigenvalue weighted by Gasteiger charge is 2.36. The van der Waals surface area contributed by atoms with E-state index in [1.807, 2.05) is 6.92 Å². The molecule has 1 N–H and O–H groups in total. The normalized spacial score (nSPS) is 15.6. The Balaban J connectivity index is 2.04. The van der Waals surface area contributed by atoms with Crippen LogP contribution < -0.4 is 19.7 Å². The molecule has 0 saturated carbocycles. The summed E-state index contributed by atoms with van der Waals surface area (Å²) in [5, 5.41) is 2.20. The molecule has 4 amide bonds. The average molecular weight is 445 g/mol. The van der Waals surface area contributed by atoms with Crippen LogP contribution in [0.4, 0.5) is 10.5 Å². The molecule has 2 aromatic carbocycles. The number of urea groups is 1. The number of carbonyl (C=O) groups is 3. The summed E-state index contributed by atoms with van der Waals surface area (Å²) in [7, 11) is 2.99. The van der Waals surface area contributed by atoms with Crippen LogP contribution >= 0.6 is 15.9 Å². The molecule has 28 heavy (non-hydrogen) atoms. The molecular formula is C20H17BrN2O5. The summed E-state index contributed by atoms with van der Waals surface area (Å²) < 4.78 is 11.1. The molecule has 2 aromatic rings. The zero-order valence-corrected chi connectivity index (χ0v) is 17.0. The smallest absolute Gasteiger partial charge is 0.335 e. The molecule has 0 unspecified atom stereocenters. The SMILES string of the molecule is COc1cc(/C=C2/C(=O)NC(=O)N(c3ccc(C)cc3)C2=O)cc(Br)c1OC. The minimum atomic E-state index is -0.788. The molecule has 144 valence electrons. The van der Waals surface area contributed by atoms with E-state index >= 15 is 0 Å². The van der Waals surface area contributed by atoms with E-state index in [1.54, 1.807) is 36.4 Å². The second kappa shape index (κ2) is 7.85. The summed E-state index contributed by atoms with van der Waals surface area (Å²) >= 11 is 3.37. The first-order chi connectivity index (χ1) is 13.3. The molecule has 8 heteroatoms. The molecule has 0 spiro atoms. The molecule has 7 nitrogen and oxygen atoms in total. The zero-order chi connectivity index (χ0) is 20.4. The van der Waals surface area contributed by atoms with Crippen LogP contribution in [-0.2, 0) is 9.59 Å². The summed E-state index contributed by atoms with van der Waals surface area (Å²) in [6.07, 6.45) is 1.40. The Morgan fingerprint density at radius 3 is 2.32 bits per heavy atom. The lowest BCUT2D eigenvalue weighted by molar-refractivity contribution is -0.122. The van der Waals surface area contributed by atoms with Gasteiger partial charge in [0.15, 0.2) is 11.5 Å². The monoisotopic (exact) mass is 444 g/mol. The van der Waals surface area contributed by atoms with Crippen molar-refractivity contribution in [3.05, 3.63) is 57.6 Å². The Morgan fingerprint density at radius 1 is 1.04 bits per heavy atom. The van der Waals surface area contributed by atoms with E-state index in [0.29, 0.717) is 27.2 Å². The average Bonchev–Trinajstić information content (AvgIpc) is 2.66. The molecule has 0 aromatic heterocycles. The van der Waals surface area contributed by atoms with Gasteiger partial charge in [0.25, 0.3) is 11.8 Å². The minimum absolute atomic E-state index is 0.167. The molecule has 1 aliphatic heterocycles. The number of methoxy groups -OCH3 is 2. The quantitative estimate of drug-likeness (QED) is 0.576. The fourth-order valence-electron chi connectivity index (χ4n) is 2.77. The van der Waals surface area contributed by atoms with Crippen LogP contribution in [0.3, 0.4) is 0 Å². The van der Waals surface area contributed by atoms with Crippen molar-refractivity contribution in [2.24, 2.45) is 0 Å². The number of benzene rings is 2. The van der Waals surface area contributed by atoms with Gasteiger partial charge in [0.1, 0.15) is 5.57 Å². The van der Waals surface area contributed by atoms with Gasteiger partial charge in [0.2, 0.25) is 0 Å². The van der Waals surface area contributed by atoms with Crippen molar-refractivity contribution in [1.82, 2.24) is 5.32 Å². The topological polar surface area (TPSA) is 84.9 Å². The van der Waals surface area contributed by atoms with Gasteiger partial charge in [-0.25, -0.2) is 9.69 Å². The number of rotatable bonds is 4. The number of barbiturate groups is 1. The highest BCUT2D eigenvalue weighted by Crippen LogP contribution is 2.37. The van der Waals surface area contributed by atoms with Gasteiger partial charge in [-0.3, -0.25) is 14.9 Å². The maximum Gasteiger partial charge on any atom is 0.335 e. The Bertz CT molecular complexity index is 998. The third-order valence-corrected chi connectivity index (χ3v) is 4.75. The first-order valence-corrected chi connectivity index (χ1v) is 9.04. The van der Waals surface area contributed by atoms with E-state index in [4.69, 9.17) is 9.47 Å². The number of amides is 4. The summed E-state index contributed by atoms with van der Waals surface area (Å²) in [6.45, 7) is 1.89. The van der Waals surface area contributed by atoms with Gasteiger partial charge in [0.05, 0.1) is 24.4 Å². The molecule has 1 aliphatic rings. The number of anilines is 1. The molecule has 1 saturated heterocycles. The zero-order valence-electron chi connectivity index (χ0n) is 15.4. The summed E-state index contributed by atoms with van der Waals surface area (Å²) in [4.78, 5) is 38.4. The Kier molecular flexibility index (Phi) is 5.51. The predicted octanol–water partition coefficient (Wildman–Crippen LogP) is 3.44. The second-order valence-corrected chi connectivity index (χ2v) is 6.89. The number of imide groups is 2. The third kappa shape index (κ3) is 3.63. The molecule has 1 fully saturated rings. The number of ether oxygens (including phenoxy) is 2. The first kappa shape index (κ1) is 19.6. The van der Waals surface area contributed by atoms with Crippen LogP contribution in [-0.4, -0.2) is 32.1 Å². The van der Waals surface area contributed by atoms with Gasteiger partial charge in [-0.15, -0.1) is 0 Å². The Morgan fingerprint density at radius 2 is 1.71 bits per heavy atom. The van der Waals surface area contributed by atoms with Crippen molar-refractivity contribution in [3.8, 4) is 11.5 Å². The second-order valence-electron chi connectivity index (χ2n) is 6.03. The molecule has 3 rings (SSSR count). The summed E-state index contributed by atoms with van der Waals surface area (Å²) in [5.41, 5.74) is 1.72. The predicted molar refractivity (Wildman–Crippen MR) is 107 cm³/mol. The largest absolute Gasteiger partial charge is 0.493 e. The Labute approximate surface area is 170 Å². The van der Waals surface area contributed by atoms with E-state index < -0.39 is 17.8 Å². The van der Waals surface area contributed by atoms with Crippen molar-refractivity contribution in [2.75, 3.05) is 19.1 Å². The molecule has 0 bridgehead atoms. The van der Waals surface area contributed by atoms with Crippen molar-refractivity contribution in [1.29, 1.82) is 0 Å². The van der Waals surface area contributed by atoms with E-state index in [2.05, 4.69) is 21.2 Å². The fraction of sp³-hybridized carbons (Fsp3) is 0.150. The molecule has 1 heterocycles. The lowest BCUT2D eigenvalue weighted by atomic mass is 10.1. The van der Waals surface area contributed by atoms with Crippen LogP contribution in [0.15, 0.2) is 46.4 Å². The number of nitrogens with one attached hydrogen (secondary N) is 1. The number of hydrogen-bond acceptors (Lipinski definition) is 5. The minimum Gasteiger partial charge on any atom is -0.493 e. The van der Waals surface area contributed by atoms with E-state index in [9.17, 15) is 14.4 Å². The van der Waals surface area contributed by atoms with Crippen LogP contribution in [0, 0.1) is 6.92 Å². The van der Waals surface area contributed by atoms with Crippen molar-refractivity contribution < 1.29 is 23.9 Å². The number of halogens is 1. The lowest BCUT2D eigenvalue weighted by Gasteiger charge is -2.26. The van der Waals surface area contributed by atoms with Gasteiger partial charge in [-0.2, -0.15) is 0 Å². The first-order valence-electron chi connectivity index (χ1n) is 8.25. The van der Waals surface area contributed by atoms with Gasteiger partial charge < -0.3 is 9.47 Å². The lowest BCUT2D eigenvalue weighted by Crippen LogP contribution is -2.54. The van der Waals surface area contributed by atoms with Gasteiger partial charge >= 0.3 is 6.03 Å². The standard InChI is InChI=1S/C20H17BrN2O5/c1-11-4-6-13(7-5-11)23-19(25)14(18(24)22-20(23)26)8-12-9-15(21)17(28-3)16(10-12)27-2/h4-10H,1-3H3,(H,22,24,26)/b14-8-. The van der Waals surface area contributed by atoms with Gasteiger partial charge in [-0.1, -0.05) is 17.7 Å². The van der Waals surface area contributed by atoms with E-state index in [1.165, 1.54) is 20.3 Å². The Hall–Kier alpha value is -3.13. The maximum atomic E-state index is 12.9. The summed E-state index contributed by atoms with van der Waals surface area (Å²) in [5.74, 6) is -0.549. The number of aryl methyl sites for hydroxylation is 1. The van der Waals surface area contributed by atoms with Crippen LogP contribution in [0.5, 0.6) is 11.5 Å². The van der Waals surface area contributed by atoms with Crippen molar-refractivity contribution in [2.45, 2.75) is 6.92 Å². The van der Waals surface area contributed by atoms with E-state index in [0.717, 1.165) is 10.5 Å². The van der Waals surface area contributed by atoms with E-state index in [-0.39, 0.29) is 5.57 Å². The third-order valence-electron chi connectivity index (χ3n) is 4.16. The molecule has 0 aliphatic carbocycles. The number of carbonyl (C=O) groups excluding carboxylic acids is 3. The summed E-state index contributed by atoms with van der Waals surface area (Å²) in [6, 6.07) is 9.37. The van der Waals surface area contributed by atoms with Crippen molar-refractivity contribution in [3.63, 3.8) is 0 Å². The fourth-order valence-corrected chi connectivity index (χ4v) is 3.40. The number of hydrogen-bond donors (Lipinski definition) is 1. The molecular weight excluding hydrogens is 428 g/mol. The van der Waals surface area contributed by atoms with Gasteiger partial charge in [-0.05, 0) is 58.8 Å². The van der Waals surface area contributed by atoms with Crippen LogP contribution in [0.1, 0.15) is 11.1 Å². The van der Waals surface area contributed by atoms with Gasteiger partial charge in [0, 0.05) is 0 Å². The van der Waals surface area contributed by atoms with Crippen LogP contribution in [0.2, 0.25) is 0 Å². The maximum absolute atomic E-state index is 12.9. The molecule has 0 atom stereocenters. The number of nitrogens with zero attached hydrogens (tertiary/aromatic N) is 1.